The first-order chi connectivity index (χ1) is 4.41. The summed E-state index contributed by atoms with van der Waals surface area (Å²) in [5.74, 6) is 1.97. The molecule has 0 radical (unpaired) electrons. The Morgan fingerprint density at radius 1 is 1.44 bits per heavy atom. The lowest BCUT2D eigenvalue weighted by atomic mass is 10.7. The van der Waals surface area contributed by atoms with Gasteiger partial charge in [0.05, 0.1) is 6.61 Å². The molecule has 0 saturated carbocycles. The van der Waals surface area contributed by atoms with Crippen molar-refractivity contribution in [1.82, 2.24) is 5.32 Å². The fourth-order valence-electron chi connectivity index (χ4n) is 0.488. The van der Waals surface area contributed by atoms with Crippen molar-refractivity contribution in [2.45, 2.75) is 6.92 Å². The SMILES string of the molecule is CCNCCSCCO. The van der Waals surface area contributed by atoms with Crippen LogP contribution in [0.2, 0.25) is 0 Å². The molecular formula is C6H15NOS. The van der Waals surface area contributed by atoms with Crippen LogP contribution in [-0.4, -0.2) is 36.3 Å². The molecule has 0 aromatic heterocycles. The normalized spacial score (nSPS) is 10.0. The van der Waals surface area contributed by atoms with E-state index in [-0.39, 0.29) is 0 Å². The van der Waals surface area contributed by atoms with Gasteiger partial charge in [-0.1, -0.05) is 6.92 Å². The third-order valence-corrected chi connectivity index (χ3v) is 1.87. The van der Waals surface area contributed by atoms with Crippen LogP contribution in [0.15, 0.2) is 0 Å². The zero-order valence-electron chi connectivity index (χ0n) is 5.89. The summed E-state index contributed by atoms with van der Waals surface area (Å²) >= 11 is 1.78. The molecule has 0 atom stereocenters. The van der Waals surface area contributed by atoms with Crippen molar-refractivity contribution in [3.05, 3.63) is 0 Å². The maximum absolute atomic E-state index is 8.38. The molecule has 0 aliphatic carbocycles. The first-order valence-electron chi connectivity index (χ1n) is 3.31. The zero-order valence-corrected chi connectivity index (χ0v) is 6.71. The molecule has 2 nitrogen and oxygen atoms in total. The van der Waals surface area contributed by atoms with Crippen LogP contribution in [-0.2, 0) is 0 Å². The highest BCUT2D eigenvalue weighted by atomic mass is 32.2. The fourth-order valence-corrected chi connectivity index (χ4v) is 1.11. The highest BCUT2D eigenvalue weighted by Gasteiger charge is 1.84. The lowest BCUT2D eigenvalue weighted by Gasteiger charge is -1.98. The Bertz CT molecular complexity index is 46.3. The summed E-state index contributed by atoms with van der Waals surface area (Å²) in [7, 11) is 0. The highest BCUT2D eigenvalue weighted by Crippen LogP contribution is 1.94. The van der Waals surface area contributed by atoms with E-state index in [0.29, 0.717) is 6.61 Å². The molecule has 0 heterocycles. The van der Waals surface area contributed by atoms with Crippen LogP contribution in [0.1, 0.15) is 6.92 Å². The van der Waals surface area contributed by atoms with Gasteiger partial charge < -0.3 is 10.4 Å². The molecule has 0 unspecified atom stereocenters. The molecule has 3 heteroatoms. The molecule has 0 rings (SSSR count). The Balaban J connectivity index is 2.60. The molecule has 0 aliphatic heterocycles. The van der Waals surface area contributed by atoms with Crippen molar-refractivity contribution < 1.29 is 5.11 Å². The van der Waals surface area contributed by atoms with Gasteiger partial charge in [0.25, 0.3) is 0 Å². The van der Waals surface area contributed by atoms with Crippen LogP contribution in [0.25, 0.3) is 0 Å². The lowest BCUT2D eigenvalue weighted by Crippen LogP contribution is -2.16. The van der Waals surface area contributed by atoms with E-state index in [2.05, 4.69) is 12.2 Å². The minimum atomic E-state index is 0.302. The number of rotatable bonds is 6. The first-order valence-corrected chi connectivity index (χ1v) is 4.46. The predicted octanol–water partition coefficient (Wildman–Crippen LogP) is 0.321. The summed E-state index contributed by atoms with van der Waals surface area (Å²) in [6.45, 7) is 4.49. The summed E-state index contributed by atoms with van der Waals surface area (Å²) in [5.41, 5.74) is 0. The molecule has 0 aliphatic rings. The van der Waals surface area contributed by atoms with Gasteiger partial charge >= 0.3 is 0 Å². The van der Waals surface area contributed by atoms with Gasteiger partial charge in [0.1, 0.15) is 0 Å². The van der Waals surface area contributed by atoms with Crippen molar-refractivity contribution in [3.8, 4) is 0 Å². The van der Waals surface area contributed by atoms with Gasteiger partial charge in [-0.15, -0.1) is 0 Å². The third-order valence-electron chi connectivity index (χ3n) is 0.909. The van der Waals surface area contributed by atoms with E-state index >= 15 is 0 Å². The van der Waals surface area contributed by atoms with Crippen LogP contribution < -0.4 is 5.32 Å². The van der Waals surface area contributed by atoms with Crippen LogP contribution in [0.3, 0.4) is 0 Å². The average Bonchev–Trinajstić information content (AvgIpc) is 1.89. The van der Waals surface area contributed by atoms with E-state index in [1.54, 1.807) is 11.8 Å². The molecular weight excluding hydrogens is 134 g/mol. The van der Waals surface area contributed by atoms with Gasteiger partial charge in [0.2, 0.25) is 0 Å². The van der Waals surface area contributed by atoms with Gasteiger partial charge in [-0.2, -0.15) is 11.8 Å². The average molecular weight is 149 g/mol. The van der Waals surface area contributed by atoms with E-state index in [1.807, 2.05) is 0 Å². The van der Waals surface area contributed by atoms with Crippen molar-refractivity contribution >= 4 is 11.8 Å². The van der Waals surface area contributed by atoms with Gasteiger partial charge in [-0.25, -0.2) is 0 Å². The van der Waals surface area contributed by atoms with E-state index in [4.69, 9.17) is 5.11 Å². The first kappa shape index (κ1) is 9.27. The van der Waals surface area contributed by atoms with Crippen LogP contribution >= 0.6 is 11.8 Å². The summed E-state index contributed by atoms with van der Waals surface area (Å²) in [6.07, 6.45) is 0. The summed E-state index contributed by atoms with van der Waals surface area (Å²) < 4.78 is 0. The molecule has 0 aromatic carbocycles. The Labute approximate surface area is 61.0 Å². The van der Waals surface area contributed by atoms with E-state index < -0.39 is 0 Å². The number of aliphatic hydroxyl groups is 1. The maximum Gasteiger partial charge on any atom is 0.0521 e. The maximum atomic E-state index is 8.38. The molecule has 0 bridgehead atoms. The summed E-state index contributed by atoms with van der Waals surface area (Å²) in [6, 6.07) is 0. The van der Waals surface area contributed by atoms with E-state index in [1.165, 1.54) is 0 Å². The van der Waals surface area contributed by atoms with Crippen molar-refractivity contribution in [1.29, 1.82) is 0 Å². The Morgan fingerprint density at radius 3 is 2.78 bits per heavy atom. The summed E-state index contributed by atoms with van der Waals surface area (Å²) in [4.78, 5) is 0. The van der Waals surface area contributed by atoms with Crippen LogP contribution in [0, 0.1) is 0 Å². The molecule has 0 fully saturated rings. The quantitative estimate of drug-likeness (QED) is 0.534. The van der Waals surface area contributed by atoms with Gasteiger partial charge in [-0.3, -0.25) is 0 Å². The van der Waals surface area contributed by atoms with Gasteiger partial charge in [-0.05, 0) is 6.54 Å². The molecule has 2 N–H and O–H groups in total. The second kappa shape index (κ2) is 8.27. The Morgan fingerprint density at radius 2 is 2.22 bits per heavy atom. The van der Waals surface area contributed by atoms with Crippen LogP contribution in [0.5, 0.6) is 0 Å². The van der Waals surface area contributed by atoms with Crippen molar-refractivity contribution in [2.24, 2.45) is 0 Å². The van der Waals surface area contributed by atoms with Crippen LogP contribution in [0.4, 0.5) is 0 Å². The van der Waals surface area contributed by atoms with Gasteiger partial charge in [0, 0.05) is 18.1 Å². The minimum absolute atomic E-state index is 0.302. The number of thioether (sulfide) groups is 1. The Hall–Kier alpha value is 0.270. The zero-order chi connectivity index (χ0) is 6.95. The highest BCUT2D eigenvalue weighted by molar-refractivity contribution is 7.99. The smallest absolute Gasteiger partial charge is 0.0521 e. The fraction of sp³-hybridized carbons (Fsp3) is 1.00. The second-order valence-electron chi connectivity index (χ2n) is 1.69. The number of hydrogen-bond acceptors (Lipinski definition) is 3. The van der Waals surface area contributed by atoms with Crippen molar-refractivity contribution in [3.63, 3.8) is 0 Å². The third kappa shape index (κ3) is 8.27. The number of nitrogens with one attached hydrogen (secondary N) is 1. The second-order valence-corrected chi connectivity index (χ2v) is 2.91. The van der Waals surface area contributed by atoms with E-state index in [9.17, 15) is 0 Å². The Kier molecular flexibility index (Phi) is 8.52. The monoisotopic (exact) mass is 149 g/mol. The van der Waals surface area contributed by atoms with E-state index in [0.717, 1.165) is 24.6 Å². The molecule has 56 valence electrons. The molecule has 0 spiro atoms. The lowest BCUT2D eigenvalue weighted by molar-refractivity contribution is 0.322. The minimum Gasteiger partial charge on any atom is -0.396 e. The largest absolute Gasteiger partial charge is 0.396 e. The molecule has 0 amide bonds. The predicted molar refractivity (Wildman–Crippen MR) is 43.0 cm³/mol. The van der Waals surface area contributed by atoms with Crippen molar-refractivity contribution in [2.75, 3.05) is 31.2 Å². The number of aliphatic hydroxyl groups excluding tert-OH is 1. The molecule has 0 aromatic rings. The van der Waals surface area contributed by atoms with Gasteiger partial charge in [0.15, 0.2) is 0 Å². The molecule has 9 heavy (non-hydrogen) atoms. The topological polar surface area (TPSA) is 32.3 Å². The standard InChI is InChI=1S/C6H15NOS/c1-2-7-3-5-9-6-4-8/h7-8H,2-6H2,1H3. The molecule has 0 saturated heterocycles. The number of hydrogen-bond donors (Lipinski definition) is 2. The summed E-state index contributed by atoms with van der Waals surface area (Å²) in [5, 5.41) is 11.6.